The fraction of sp³-hybridized carbons (Fsp3) is 0.435. The number of aryl methyl sites for hydroxylation is 1. The van der Waals surface area contributed by atoms with E-state index in [-0.39, 0.29) is 23.7 Å². The second kappa shape index (κ2) is 7.94. The van der Waals surface area contributed by atoms with Crippen molar-refractivity contribution < 1.29 is 9.53 Å². The topological polar surface area (TPSA) is 52.3 Å². The van der Waals surface area contributed by atoms with Gasteiger partial charge in [0.15, 0.2) is 0 Å². The second-order valence-corrected chi connectivity index (χ2v) is 7.70. The van der Waals surface area contributed by atoms with Gasteiger partial charge in [0.25, 0.3) is 0 Å². The molecule has 0 aromatic heterocycles. The highest BCUT2D eigenvalue weighted by Gasteiger charge is 2.51. The predicted molar refractivity (Wildman–Crippen MR) is 107 cm³/mol. The van der Waals surface area contributed by atoms with Crippen LogP contribution in [0.1, 0.15) is 50.3 Å². The molecule has 1 atom stereocenters. The fourth-order valence-electron chi connectivity index (χ4n) is 4.48. The minimum absolute atomic E-state index is 0.0652. The number of ether oxygens (including phenoxy) is 1. The molecule has 0 bridgehead atoms. The van der Waals surface area contributed by atoms with Crippen LogP contribution in [0.2, 0.25) is 0 Å². The lowest BCUT2D eigenvalue weighted by Crippen LogP contribution is -2.50. The van der Waals surface area contributed by atoms with E-state index in [2.05, 4.69) is 52.8 Å². The van der Waals surface area contributed by atoms with E-state index in [1.807, 2.05) is 30.3 Å². The number of carbonyl (C=O) groups excluding carboxylic acids is 1. The number of benzene rings is 2. The molecule has 3 nitrogen and oxygen atoms in total. The van der Waals surface area contributed by atoms with Crippen LogP contribution in [-0.4, -0.2) is 13.0 Å². The van der Waals surface area contributed by atoms with Crippen molar-refractivity contribution in [3.63, 3.8) is 0 Å². The van der Waals surface area contributed by atoms with Gasteiger partial charge in [-0.1, -0.05) is 75.7 Å². The number of hydrogen-bond acceptors (Lipinski definition) is 2. The SMILES string of the molecule is COc1ccc(C)cc1C(c1ccccc1)C(C(N)=O)(C(C)C)C(C)C. The van der Waals surface area contributed by atoms with Crippen LogP contribution in [0.5, 0.6) is 5.75 Å². The smallest absolute Gasteiger partial charge is 0.225 e. The minimum Gasteiger partial charge on any atom is -0.496 e. The summed E-state index contributed by atoms with van der Waals surface area (Å²) in [5.41, 5.74) is 8.59. The molecule has 2 aromatic carbocycles. The zero-order valence-corrected chi connectivity index (χ0v) is 16.7. The van der Waals surface area contributed by atoms with E-state index in [4.69, 9.17) is 10.5 Å². The molecule has 0 aliphatic rings. The maximum absolute atomic E-state index is 13.0. The highest BCUT2D eigenvalue weighted by atomic mass is 16.5. The summed E-state index contributed by atoms with van der Waals surface area (Å²) in [6.45, 7) is 10.4. The first-order chi connectivity index (χ1) is 12.3. The van der Waals surface area contributed by atoms with Crippen molar-refractivity contribution in [2.45, 2.75) is 40.5 Å². The van der Waals surface area contributed by atoms with E-state index in [0.717, 1.165) is 22.4 Å². The van der Waals surface area contributed by atoms with E-state index in [0.29, 0.717) is 0 Å². The van der Waals surface area contributed by atoms with Crippen molar-refractivity contribution in [2.75, 3.05) is 7.11 Å². The molecule has 0 heterocycles. The van der Waals surface area contributed by atoms with Crippen LogP contribution in [0, 0.1) is 24.2 Å². The Morgan fingerprint density at radius 1 is 1.00 bits per heavy atom. The Morgan fingerprint density at radius 2 is 1.58 bits per heavy atom. The van der Waals surface area contributed by atoms with Crippen molar-refractivity contribution in [1.82, 2.24) is 0 Å². The van der Waals surface area contributed by atoms with Gasteiger partial charge in [-0.15, -0.1) is 0 Å². The van der Waals surface area contributed by atoms with E-state index in [1.54, 1.807) is 7.11 Å². The molecule has 3 heteroatoms. The van der Waals surface area contributed by atoms with Crippen molar-refractivity contribution in [1.29, 1.82) is 0 Å². The molecular formula is C23H31NO2. The van der Waals surface area contributed by atoms with E-state index < -0.39 is 5.41 Å². The van der Waals surface area contributed by atoms with Gasteiger partial charge in [0.1, 0.15) is 5.75 Å². The highest BCUT2D eigenvalue weighted by molar-refractivity contribution is 5.84. The summed E-state index contributed by atoms with van der Waals surface area (Å²) < 4.78 is 5.69. The van der Waals surface area contributed by atoms with Crippen LogP contribution in [-0.2, 0) is 4.79 Å². The highest BCUT2D eigenvalue weighted by Crippen LogP contribution is 2.53. The van der Waals surface area contributed by atoms with Gasteiger partial charge in [-0.25, -0.2) is 0 Å². The van der Waals surface area contributed by atoms with Crippen molar-refractivity contribution >= 4 is 5.91 Å². The first kappa shape index (κ1) is 20.0. The molecule has 26 heavy (non-hydrogen) atoms. The summed E-state index contributed by atoms with van der Waals surface area (Å²) >= 11 is 0. The molecule has 0 aliphatic heterocycles. The average molecular weight is 354 g/mol. The lowest BCUT2D eigenvalue weighted by molar-refractivity contribution is -0.134. The van der Waals surface area contributed by atoms with Crippen LogP contribution in [0.4, 0.5) is 0 Å². The maximum atomic E-state index is 13.0. The lowest BCUT2D eigenvalue weighted by Gasteiger charge is -2.45. The van der Waals surface area contributed by atoms with Gasteiger partial charge < -0.3 is 10.5 Å². The van der Waals surface area contributed by atoms with Gasteiger partial charge in [0.05, 0.1) is 12.5 Å². The van der Waals surface area contributed by atoms with Crippen LogP contribution in [0.3, 0.4) is 0 Å². The van der Waals surface area contributed by atoms with Crippen molar-refractivity contribution in [3.05, 3.63) is 65.2 Å². The number of nitrogens with two attached hydrogens (primary N) is 1. The molecule has 1 unspecified atom stereocenters. The Bertz CT molecular complexity index is 742. The number of hydrogen-bond donors (Lipinski definition) is 1. The number of methoxy groups -OCH3 is 1. The largest absolute Gasteiger partial charge is 0.496 e. The summed E-state index contributed by atoms with van der Waals surface area (Å²) in [6, 6.07) is 16.3. The van der Waals surface area contributed by atoms with E-state index >= 15 is 0 Å². The first-order valence-electron chi connectivity index (χ1n) is 9.26. The van der Waals surface area contributed by atoms with Crippen molar-refractivity contribution in [2.24, 2.45) is 23.0 Å². The Kier molecular flexibility index (Phi) is 6.12. The molecule has 1 amide bonds. The van der Waals surface area contributed by atoms with Gasteiger partial charge >= 0.3 is 0 Å². The normalized spacial score (nSPS) is 13.1. The Labute approximate surface area is 157 Å². The number of rotatable bonds is 7. The molecule has 0 spiro atoms. The third-order valence-corrected chi connectivity index (χ3v) is 5.64. The van der Waals surface area contributed by atoms with Gasteiger partial charge in [-0.2, -0.15) is 0 Å². The summed E-state index contributed by atoms with van der Waals surface area (Å²) in [4.78, 5) is 13.0. The first-order valence-corrected chi connectivity index (χ1v) is 9.26. The quantitative estimate of drug-likeness (QED) is 0.768. The maximum Gasteiger partial charge on any atom is 0.225 e. The van der Waals surface area contributed by atoms with Crippen molar-refractivity contribution in [3.8, 4) is 5.75 Å². The molecule has 0 aliphatic carbocycles. The summed E-state index contributed by atoms with van der Waals surface area (Å²) in [5, 5.41) is 0. The third kappa shape index (κ3) is 3.35. The molecular weight excluding hydrogens is 322 g/mol. The molecule has 0 saturated carbocycles. The van der Waals surface area contributed by atoms with E-state index in [9.17, 15) is 4.79 Å². The zero-order chi connectivity index (χ0) is 19.5. The molecule has 0 fully saturated rings. The van der Waals surface area contributed by atoms with Crippen LogP contribution in [0.25, 0.3) is 0 Å². The summed E-state index contributed by atoms with van der Waals surface area (Å²) in [6.07, 6.45) is 0. The summed E-state index contributed by atoms with van der Waals surface area (Å²) in [7, 11) is 1.67. The lowest BCUT2D eigenvalue weighted by atomic mass is 9.57. The average Bonchev–Trinajstić information content (AvgIpc) is 2.59. The fourth-order valence-corrected chi connectivity index (χ4v) is 4.48. The molecule has 2 N–H and O–H groups in total. The van der Waals surface area contributed by atoms with Crippen LogP contribution < -0.4 is 10.5 Å². The molecule has 0 radical (unpaired) electrons. The Balaban J connectivity index is 2.90. The van der Waals surface area contributed by atoms with Crippen LogP contribution >= 0.6 is 0 Å². The standard InChI is InChI=1S/C23H31NO2/c1-15(2)23(16(3)4,22(24)25)21(18-10-8-7-9-11-18)19-14-17(5)12-13-20(19)26-6/h7-16,21H,1-6H3,(H2,24,25). The van der Waals surface area contributed by atoms with Gasteiger partial charge in [-0.05, 0) is 30.4 Å². The number of carbonyl (C=O) groups is 1. The van der Waals surface area contributed by atoms with Gasteiger partial charge in [0, 0.05) is 11.5 Å². The molecule has 2 rings (SSSR count). The Hall–Kier alpha value is -2.29. The molecule has 0 saturated heterocycles. The molecule has 2 aromatic rings. The number of primary amides is 1. The molecule has 140 valence electrons. The van der Waals surface area contributed by atoms with Gasteiger partial charge in [-0.3, -0.25) is 4.79 Å². The predicted octanol–water partition coefficient (Wildman–Crippen LogP) is 4.92. The zero-order valence-electron chi connectivity index (χ0n) is 16.7. The van der Waals surface area contributed by atoms with Crippen LogP contribution in [0.15, 0.2) is 48.5 Å². The number of amides is 1. The van der Waals surface area contributed by atoms with Gasteiger partial charge in [0.2, 0.25) is 5.91 Å². The van der Waals surface area contributed by atoms with E-state index in [1.165, 1.54) is 0 Å². The third-order valence-electron chi connectivity index (χ3n) is 5.64. The second-order valence-electron chi connectivity index (χ2n) is 7.70. The summed E-state index contributed by atoms with van der Waals surface area (Å²) in [5.74, 6) is 0.471. The minimum atomic E-state index is -0.734. The monoisotopic (exact) mass is 353 g/mol. The Morgan fingerprint density at radius 3 is 2.04 bits per heavy atom.